The number of hydrogen-bond acceptors (Lipinski definition) is 4. The fraction of sp³-hybridized carbons (Fsp3) is 0.300. The van der Waals surface area contributed by atoms with Gasteiger partial charge in [-0.2, -0.15) is 0 Å². The first-order valence-corrected chi connectivity index (χ1v) is 4.22. The van der Waals surface area contributed by atoms with Gasteiger partial charge in [0, 0.05) is 5.69 Å². The molecule has 0 heterocycles. The number of carbonyl (C=O) groups is 1. The van der Waals surface area contributed by atoms with Gasteiger partial charge in [-0.25, -0.2) is 4.79 Å². The molecular formula is C10H14N2O2. The van der Waals surface area contributed by atoms with Gasteiger partial charge in [0.25, 0.3) is 0 Å². The van der Waals surface area contributed by atoms with E-state index in [-0.39, 0.29) is 0 Å². The Balaban J connectivity index is 3.03. The van der Waals surface area contributed by atoms with Gasteiger partial charge in [0.2, 0.25) is 0 Å². The molecule has 0 radical (unpaired) electrons. The maximum Gasteiger partial charge on any atom is 0.330 e. The van der Waals surface area contributed by atoms with E-state index in [1.165, 1.54) is 7.11 Å². The van der Waals surface area contributed by atoms with Crippen molar-refractivity contribution in [2.75, 3.05) is 12.8 Å². The molecule has 1 atom stereocenters. The van der Waals surface area contributed by atoms with Crippen LogP contribution >= 0.6 is 0 Å². The molecule has 0 fully saturated rings. The number of esters is 1. The summed E-state index contributed by atoms with van der Waals surface area (Å²) < 4.78 is 4.60. The predicted octanol–water partition coefficient (Wildman–Crippen LogP) is 0.616. The van der Waals surface area contributed by atoms with E-state index >= 15 is 0 Å². The summed E-state index contributed by atoms with van der Waals surface area (Å²) in [4.78, 5) is 11.3. The molecule has 0 aromatic heterocycles. The van der Waals surface area contributed by atoms with Crippen molar-refractivity contribution in [3.63, 3.8) is 0 Å². The second-order valence-electron chi connectivity index (χ2n) is 3.32. The lowest BCUT2D eigenvalue weighted by molar-refractivity contribution is -0.146. The number of hydrogen-bond donors (Lipinski definition) is 2. The molecule has 0 aliphatic carbocycles. The third kappa shape index (κ3) is 1.85. The smallest absolute Gasteiger partial charge is 0.330 e. The molecule has 4 N–H and O–H groups in total. The van der Waals surface area contributed by atoms with Crippen LogP contribution < -0.4 is 11.5 Å². The van der Waals surface area contributed by atoms with Crippen molar-refractivity contribution in [2.45, 2.75) is 12.5 Å². The molecule has 1 aromatic carbocycles. The molecule has 0 spiro atoms. The molecule has 0 aliphatic heterocycles. The number of methoxy groups -OCH3 is 1. The van der Waals surface area contributed by atoms with E-state index in [9.17, 15) is 4.79 Å². The van der Waals surface area contributed by atoms with Crippen LogP contribution in [0.1, 0.15) is 12.5 Å². The van der Waals surface area contributed by atoms with Crippen molar-refractivity contribution < 1.29 is 9.53 Å². The van der Waals surface area contributed by atoms with Crippen LogP contribution in [0, 0.1) is 0 Å². The van der Waals surface area contributed by atoms with Crippen LogP contribution in [0.3, 0.4) is 0 Å². The van der Waals surface area contributed by atoms with Crippen LogP contribution in [0.15, 0.2) is 24.3 Å². The highest BCUT2D eigenvalue weighted by atomic mass is 16.5. The van der Waals surface area contributed by atoms with E-state index in [0.717, 1.165) is 0 Å². The lowest BCUT2D eigenvalue weighted by Crippen LogP contribution is -2.42. The summed E-state index contributed by atoms with van der Waals surface area (Å²) in [6.07, 6.45) is 0. The first kappa shape index (κ1) is 10.5. The van der Waals surface area contributed by atoms with Crippen LogP contribution in [-0.2, 0) is 15.1 Å². The molecule has 4 nitrogen and oxygen atoms in total. The molecule has 0 saturated heterocycles. The summed E-state index contributed by atoms with van der Waals surface area (Å²) in [5.41, 5.74) is 11.5. The second kappa shape index (κ2) is 3.67. The molecule has 76 valence electrons. The van der Waals surface area contributed by atoms with E-state index in [0.29, 0.717) is 11.3 Å². The summed E-state index contributed by atoms with van der Waals surface area (Å²) in [6, 6.07) is 6.82. The van der Waals surface area contributed by atoms with Crippen molar-refractivity contribution in [3.8, 4) is 0 Å². The maximum atomic E-state index is 11.3. The first-order chi connectivity index (χ1) is 6.48. The van der Waals surface area contributed by atoms with Crippen LogP contribution in [0.2, 0.25) is 0 Å². The Hall–Kier alpha value is -1.55. The first-order valence-electron chi connectivity index (χ1n) is 4.22. The zero-order valence-corrected chi connectivity index (χ0v) is 8.28. The minimum atomic E-state index is -1.12. The normalized spacial score (nSPS) is 14.5. The molecule has 0 saturated carbocycles. The highest BCUT2D eigenvalue weighted by molar-refractivity contribution is 5.81. The van der Waals surface area contributed by atoms with Gasteiger partial charge >= 0.3 is 5.97 Å². The number of nitrogens with two attached hydrogens (primary N) is 2. The van der Waals surface area contributed by atoms with Crippen molar-refractivity contribution in [1.29, 1.82) is 0 Å². The molecule has 0 bridgehead atoms. The van der Waals surface area contributed by atoms with Crippen LogP contribution in [0.5, 0.6) is 0 Å². The van der Waals surface area contributed by atoms with Crippen LogP contribution in [-0.4, -0.2) is 13.1 Å². The summed E-state index contributed by atoms with van der Waals surface area (Å²) >= 11 is 0. The fourth-order valence-corrected chi connectivity index (χ4v) is 1.16. The number of anilines is 1. The van der Waals surface area contributed by atoms with Crippen molar-refractivity contribution in [1.82, 2.24) is 0 Å². The Kier molecular flexibility index (Phi) is 2.76. The number of carbonyl (C=O) groups excluding carboxylic acids is 1. The van der Waals surface area contributed by atoms with Crippen LogP contribution in [0.4, 0.5) is 5.69 Å². The minimum absolute atomic E-state index is 0.470. The quantitative estimate of drug-likeness (QED) is 0.534. The van der Waals surface area contributed by atoms with Crippen molar-refractivity contribution in [3.05, 3.63) is 29.8 Å². The minimum Gasteiger partial charge on any atom is -0.467 e. The van der Waals surface area contributed by atoms with Gasteiger partial charge in [0.05, 0.1) is 7.11 Å². The van der Waals surface area contributed by atoms with Gasteiger partial charge in [-0.05, 0) is 24.6 Å². The van der Waals surface area contributed by atoms with Crippen molar-refractivity contribution >= 4 is 11.7 Å². The topological polar surface area (TPSA) is 78.3 Å². The third-order valence-corrected chi connectivity index (χ3v) is 2.12. The number of rotatable bonds is 2. The summed E-state index contributed by atoms with van der Waals surface area (Å²) in [7, 11) is 1.31. The monoisotopic (exact) mass is 194 g/mol. The Bertz CT molecular complexity index is 330. The Morgan fingerprint density at radius 1 is 1.36 bits per heavy atom. The zero-order valence-electron chi connectivity index (χ0n) is 8.28. The van der Waals surface area contributed by atoms with E-state index in [2.05, 4.69) is 4.74 Å². The Labute approximate surface area is 82.8 Å². The number of nitrogen functional groups attached to an aromatic ring is 1. The Morgan fingerprint density at radius 3 is 2.29 bits per heavy atom. The molecule has 0 unspecified atom stereocenters. The van der Waals surface area contributed by atoms with Gasteiger partial charge < -0.3 is 16.2 Å². The van der Waals surface area contributed by atoms with Gasteiger partial charge in [-0.15, -0.1) is 0 Å². The van der Waals surface area contributed by atoms with Gasteiger partial charge in [-0.3, -0.25) is 0 Å². The van der Waals surface area contributed by atoms with Gasteiger partial charge in [-0.1, -0.05) is 12.1 Å². The average molecular weight is 194 g/mol. The zero-order chi connectivity index (χ0) is 10.8. The highest BCUT2D eigenvalue weighted by Gasteiger charge is 2.31. The lowest BCUT2D eigenvalue weighted by Gasteiger charge is -2.21. The summed E-state index contributed by atoms with van der Waals surface area (Å²) in [5.74, 6) is -0.470. The van der Waals surface area contributed by atoms with Gasteiger partial charge in [0.1, 0.15) is 5.54 Å². The number of benzene rings is 1. The van der Waals surface area contributed by atoms with Gasteiger partial charge in [0.15, 0.2) is 0 Å². The summed E-state index contributed by atoms with van der Waals surface area (Å²) in [6.45, 7) is 1.60. The average Bonchev–Trinajstić information content (AvgIpc) is 2.17. The van der Waals surface area contributed by atoms with Crippen molar-refractivity contribution in [2.24, 2.45) is 5.73 Å². The molecule has 14 heavy (non-hydrogen) atoms. The molecule has 0 aliphatic rings. The highest BCUT2D eigenvalue weighted by Crippen LogP contribution is 2.20. The predicted molar refractivity (Wildman–Crippen MR) is 54.4 cm³/mol. The molecular weight excluding hydrogens is 180 g/mol. The lowest BCUT2D eigenvalue weighted by atomic mass is 9.93. The van der Waals surface area contributed by atoms with E-state index in [1.54, 1.807) is 31.2 Å². The molecule has 0 amide bonds. The molecule has 1 aromatic rings. The Morgan fingerprint density at radius 2 is 1.86 bits per heavy atom. The van der Waals surface area contributed by atoms with Crippen LogP contribution in [0.25, 0.3) is 0 Å². The third-order valence-electron chi connectivity index (χ3n) is 2.12. The maximum absolute atomic E-state index is 11.3. The standard InChI is InChI=1S/C10H14N2O2/c1-10(12,9(13)14-2)7-3-5-8(11)6-4-7/h3-6H,11-12H2,1-2H3/t10-/m0/s1. The van der Waals surface area contributed by atoms with E-state index in [4.69, 9.17) is 11.5 Å². The molecule has 1 rings (SSSR count). The molecule has 4 heteroatoms. The second-order valence-corrected chi connectivity index (χ2v) is 3.32. The summed E-state index contributed by atoms with van der Waals surface area (Å²) in [5, 5.41) is 0. The largest absolute Gasteiger partial charge is 0.467 e. The van der Waals surface area contributed by atoms with E-state index in [1.807, 2.05) is 0 Å². The number of ether oxygens (including phenoxy) is 1. The van der Waals surface area contributed by atoms with E-state index < -0.39 is 11.5 Å². The SMILES string of the molecule is COC(=O)[C@@](C)(N)c1ccc(N)cc1. The fourth-order valence-electron chi connectivity index (χ4n) is 1.16.